The summed E-state index contributed by atoms with van der Waals surface area (Å²) < 4.78 is 10.0. The van der Waals surface area contributed by atoms with E-state index in [0.29, 0.717) is 5.57 Å². The van der Waals surface area contributed by atoms with Crippen LogP contribution in [0.1, 0.15) is 12.0 Å². The van der Waals surface area contributed by atoms with Gasteiger partial charge in [-0.1, -0.05) is 18.7 Å². The van der Waals surface area contributed by atoms with Crippen molar-refractivity contribution in [3.05, 3.63) is 42.0 Å². The molecule has 0 amide bonds. The molecule has 1 aromatic carbocycles. The lowest BCUT2D eigenvalue weighted by Crippen LogP contribution is -2.06. The zero-order chi connectivity index (χ0) is 12.7. The SMILES string of the molecule is C=C(CO)CC(=O)OCc1ccc(OC)cc1. The summed E-state index contributed by atoms with van der Waals surface area (Å²) in [5, 5.41) is 8.71. The highest BCUT2D eigenvalue weighted by atomic mass is 16.5. The third-order valence-corrected chi connectivity index (χ3v) is 2.18. The number of carbonyl (C=O) groups is 1. The topological polar surface area (TPSA) is 55.8 Å². The van der Waals surface area contributed by atoms with Crippen LogP contribution in [-0.4, -0.2) is 24.8 Å². The van der Waals surface area contributed by atoms with Crippen LogP contribution in [0.5, 0.6) is 5.75 Å². The number of carbonyl (C=O) groups excluding carboxylic acids is 1. The number of aliphatic hydroxyl groups excluding tert-OH is 1. The Balaban J connectivity index is 2.39. The highest BCUT2D eigenvalue weighted by Gasteiger charge is 2.05. The summed E-state index contributed by atoms with van der Waals surface area (Å²) >= 11 is 0. The summed E-state index contributed by atoms with van der Waals surface area (Å²) in [4.78, 5) is 11.3. The number of hydrogen-bond acceptors (Lipinski definition) is 4. The lowest BCUT2D eigenvalue weighted by Gasteiger charge is -2.06. The Kier molecular flexibility index (Phi) is 5.23. The number of rotatable bonds is 6. The Morgan fingerprint density at radius 1 is 1.35 bits per heavy atom. The van der Waals surface area contributed by atoms with Gasteiger partial charge in [-0.25, -0.2) is 0 Å². The van der Waals surface area contributed by atoms with E-state index in [1.165, 1.54) is 0 Å². The fourth-order valence-corrected chi connectivity index (χ4v) is 1.20. The molecule has 0 saturated heterocycles. The number of benzene rings is 1. The van der Waals surface area contributed by atoms with Crippen LogP contribution >= 0.6 is 0 Å². The average Bonchev–Trinajstić information content (AvgIpc) is 2.36. The maximum absolute atomic E-state index is 11.3. The van der Waals surface area contributed by atoms with Crippen molar-refractivity contribution in [2.45, 2.75) is 13.0 Å². The van der Waals surface area contributed by atoms with Crippen molar-refractivity contribution < 1.29 is 19.4 Å². The minimum absolute atomic E-state index is 0.0483. The molecular formula is C13H16O4. The van der Waals surface area contributed by atoms with Crippen molar-refractivity contribution in [1.82, 2.24) is 0 Å². The fraction of sp³-hybridized carbons (Fsp3) is 0.308. The second-order valence-electron chi connectivity index (χ2n) is 3.59. The second-order valence-corrected chi connectivity index (χ2v) is 3.59. The zero-order valence-corrected chi connectivity index (χ0v) is 9.81. The van der Waals surface area contributed by atoms with Gasteiger partial charge in [-0.05, 0) is 23.3 Å². The van der Waals surface area contributed by atoms with Crippen molar-refractivity contribution >= 4 is 5.97 Å². The number of aliphatic hydroxyl groups is 1. The van der Waals surface area contributed by atoms with E-state index >= 15 is 0 Å². The molecule has 0 aliphatic rings. The molecule has 4 nitrogen and oxygen atoms in total. The molecule has 0 atom stereocenters. The molecule has 0 unspecified atom stereocenters. The molecular weight excluding hydrogens is 220 g/mol. The minimum Gasteiger partial charge on any atom is -0.497 e. The van der Waals surface area contributed by atoms with Crippen LogP contribution in [0.15, 0.2) is 36.4 Å². The van der Waals surface area contributed by atoms with Gasteiger partial charge in [0.1, 0.15) is 12.4 Å². The molecule has 4 heteroatoms. The van der Waals surface area contributed by atoms with Crippen molar-refractivity contribution in [1.29, 1.82) is 0 Å². The molecule has 0 aliphatic carbocycles. The standard InChI is InChI=1S/C13H16O4/c1-10(8-14)7-13(15)17-9-11-3-5-12(16-2)6-4-11/h3-6,14H,1,7-9H2,2H3. The van der Waals surface area contributed by atoms with Crippen molar-refractivity contribution in [3.63, 3.8) is 0 Å². The summed E-state index contributed by atoms with van der Waals surface area (Å²) in [6.07, 6.45) is 0.0483. The van der Waals surface area contributed by atoms with Crippen LogP contribution in [-0.2, 0) is 16.1 Å². The van der Waals surface area contributed by atoms with E-state index in [0.717, 1.165) is 11.3 Å². The Bertz CT molecular complexity index is 381. The monoisotopic (exact) mass is 236 g/mol. The van der Waals surface area contributed by atoms with E-state index < -0.39 is 0 Å². The molecule has 0 aromatic heterocycles. The number of ether oxygens (including phenoxy) is 2. The quantitative estimate of drug-likeness (QED) is 0.603. The third kappa shape index (κ3) is 4.70. The molecule has 0 bridgehead atoms. The van der Waals surface area contributed by atoms with E-state index in [9.17, 15) is 4.79 Å². The number of hydrogen-bond donors (Lipinski definition) is 1. The molecule has 92 valence electrons. The first-order valence-electron chi connectivity index (χ1n) is 5.21. The van der Waals surface area contributed by atoms with Gasteiger partial charge in [-0.2, -0.15) is 0 Å². The van der Waals surface area contributed by atoms with Gasteiger partial charge >= 0.3 is 5.97 Å². The van der Waals surface area contributed by atoms with Crippen molar-refractivity contribution in [3.8, 4) is 5.75 Å². The van der Waals surface area contributed by atoms with Gasteiger partial charge < -0.3 is 14.6 Å². The number of esters is 1. The maximum Gasteiger partial charge on any atom is 0.310 e. The Morgan fingerprint density at radius 3 is 2.53 bits per heavy atom. The van der Waals surface area contributed by atoms with E-state index in [1.54, 1.807) is 19.2 Å². The van der Waals surface area contributed by atoms with Gasteiger partial charge in [-0.3, -0.25) is 4.79 Å². The zero-order valence-electron chi connectivity index (χ0n) is 9.81. The van der Waals surface area contributed by atoms with E-state index in [1.807, 2.05) is 12.1 Å². The van der Waals surface area contributed by atoms with E-state index in [-0.39, 0.29) is 25.6 Å². The summed E-state index contributed by atoms with van der Waals surface area (Å²) in [7, 11) is 1.59. The first-order chi connectivity index (χ1) is 8.15. The molecule has 1 N–H and O–H groups in total. The predicted molar refractivity (Wildman–Crippen MR) is 63.6 cm³/mol. The van der Waals surface area contributed by atoms with Gasteiger partial charge in [-0.15, -0.1) is 0 Å². The van der Waals surface area contributed by atoms with Crippen LogP contribution in [0, 0.1) is 0 Å². The molecule has 0 radical (unpaired) electrons. The Labute approximate surface area is 100 Å². The third-order valence-electron chi connectivity index (χ3n) is 2.18. The minimum atomic E-state index is -0.389. The molecule has 0 saturated carbocycles. The molecule has 0 fully saturated rings. The molecule has 1 aromatic rings. The largest absolute Gasteiger partial charge is 0.497 e. The van der Waals surface area contributed by atoms with Gasteiger partial charge in [0.25, 0.3) is 0 Å². The second kappa shape index (κ2) is 6.70. The summed E-state index contributed by atoms with van der Waals surface area (Å²) in [5.74, 6) is 0.369. The van der Waals surface area contributed by atoms with Gasteiger partial charge in [0.15, 0.2) is 0 Å². The molecule has 0 aliphatic heterocycles. The first kappa shape index (κ1) is 13.3. The van der Waals surface area contributed by atoms with Gasteiger partial charge in [0.2, 0.25) is 0 Å². The summed E-state index contributed by atoms with van der Waals surface area (Å²) in [6.45, 7) is 3.54. The van der Waals surface area contributed by atoms with E-state index in [4.69, 9.17) is 14.6 Å². The Hall–Kier alpha value is -1.81. The molecule has 0 spiro atoms. The maximum atomic E-state index is 11.3. The van der Waals surface area contributed by atoms with E-state index in [2.05, 4.69) is 6.58 Å². The van der Waals surface area contributed by atoms with Gasteiger partial charge in [0, 0.05) is 0 Å². The molecule has 1 rings (SSSR count). The number of methoxy groups -OCH3 is 1. The van der Waals surface area contributed by atoms with Crippen molar-refractivity contribution in [2.75, 3.05) is 13.7 Å². The summed E-state index contributed by atoms with van der Waals surface area (Å²) in [5.41, 5.74) is 1.33. The summed E-state index contributed by atoms with van der Waals surface area (Å²) in [6, 6.07) is 7.26. The first-order valence-corrected chi connectivity index (χ1v) is 5.21. The smallest absolute Gasteiger partial charge is 0.310 e. The van der Waals surface area contributed by atoms with Crippen LogP contribution < -0.4 is 4.74 Å². The van der Waals surface area contributed by atoms with Gasteiger partial charge in [0.05, 0.1) is 20.1 Å². The van der Waals surface area contributed by atoms with Crippen LogP contribution in [0.25, 0.3) is 0 Å². The van der Waals surface area contributed by atoms with Crippen LogP contribution in [0.4, 0.5) is 0 Å². The predicted octanol–water partition coefficient (Wildman–Crippen LogP) is 1.68. The highest BCUT2D eigenvalue weighted by molar-refractivity contribution is 5.72. The highest BCUT2D eigenvalue weighted by Crippen LogP contribution is 2.12. The van der Waals surface area contributed by atoms with Crippen molar-refractivity contribution in [2.24, 2.45) is 0 Å². The molecule has 17 heavy (non-hydrogen) atoms. The normalized spacial score (nSPS) is 9.76. The van der Waals surface area contributed by atoms with Crippen LogP contribution in [0.3, 0.4) is 0 Å². The lowest BCUT2D eigenvalue weighted by atomic mass is 10.2. The lowest BCUT2D eigenvalue weighted by molar-refractivity contribution is -0.144. The van der Waals surface area contributed by atoms with Crippen LogP contribution in [0.2, 0.25) is 0 Å². The average molecular weight is 236 g/mol. The Morgan fingerprint density at radius 2 is 2.00 bits per heavy atom. The molecule has 0 heterocycles. The fourth-order valence-electron chi connectivity index (χ4n) is 1.20.